The van der Waals surface area contributed by atoms with E-state index in [1.165, 1.54) is 0 Å². The molecule has 0 unspecified atom stereocenters. The minimum absolute atomic E-state index is 0.0247. The van der Waals surface area contributed by atoms with Crippen LogP contribution in [0.1, 0.15) is 34.6 Å². The van der Waals surface area contributed by atoms with Gasteiger partial charge in [-0.05, 0) is 27.8 Å². The number of carbonyl (C=O) groups excluding carboxylic acids is 1. The Bertz CT molecular complexity index is 113. The molecule has 0 amide bonds. The molecule has 0 radical (unpaired) electrons. The van der Waals surface area contributed by atoms with E-state index < -0.39 is 0 Å². The number of hydrogen-bond acceptors (Lipinski definition) is 3. The molecule has 0 bridgehead atoms. The maximum atomic E-state index is 10.9. The van der Waals surface area contributed by atoms with E-state index in [0.717, 1.165) is 0 Å². The van der Waals surface area contributed by atoms with E-state index >= 15 is 0 Å². The molecule has 3 heteroatoms. The molecule has 0 aromatic rings. The standard InChI is InChI=1S/C7H15NO2.C2H6/c1-5(2)10-7(9)6(3)8-4;1-2/h5-6,8H,1-4H3;1-2H3/t6-;/m0./s1. The number of likely N-dealkylation sites (N-methyl/N-ethyl adjacent to an activating group) is 1. The summed E-state index contributed by atoms with van der Waals surface area (Å²) in [5, 5.41) is 2.80. The second kappa shape index (κ2) is 8.53. The molecule has 0 aliphatic rings. The Labute approximate surface area is 75.5 Å². The van der Waals surface area contributed by atoms with Crippen LogP contribution in [-0.2, 0) is 9.53 Å². The number of ether oxygens (including phenoxy) is 1. The minimum atomic E-state index is -0.206. The molecule has 0 saturated heterocycles. The normalized spacial score (nSPS) is 11.6. The van der Waals surface area contributed by atoms with Crippen LogP contribution >= 0.6 is 0 Å². The summed E-state index contributed by atoms with van der Waals surface area (Å²) < 4.78 is 4.90. The van der Waals surface area contributed by atoms with E-state index in [2.05, 4.69) is 5.32 Å². The summed E-state index contributed by atoms with van der Waals surface area (Å²) in [6, 6.07) is -0.206. The van der Waals surface area contributed by atoms with Crippen LogP contribution < -0.4 is 5.32 Å². The molecule has 0 saturated carbocycles. The smallest absolute Gasteiger partial charge is 0.323 e. The van der Waals surface area contributed by atoms with Crippen molar-refractivity contribution in [1.29, 1.82) is 0 Å². The van der Waals surface area contributed by atoms with Crippen LogP contribution in [0.4, 0.5) is 0 Å². The maximum Gasteiger partial charge on any atom is 0.323 e. The van der Waals surface area contributed by atoms with Gasteiger partial charge >= 0.3 is 5.97 Å². The largest absolute Gasteiger partial charge is 0.462 e. The zero-order valence-corrected chi connectivity index (χ0v) is 8.97. The van der Waals surface area contributed by atoms with Gasteiger partial charge in [0.05, 0.1) is 6.10 Å². The Morgan fingerprint density at radius 3 is 1.92 bits per heavy atom. The predicted octanol–water partition coefficient (Wildman–Crippen LogP) is 1.57. The quantitative estimate of drug-likeness (QED) is 0.662. The van der Waals surface area contributed by atoms with Crippen LogP contribution in [-0.4, -0.2) is 25.2 Å². The Balaban J connectivity index is 0. The first kappa shape index (κ1) is 14.0. The number of carbonyl (C=O) groups is 1. The van der Waals surface area contributed by atoms with Crippen molar-refractivity contribution in [2.75, 3.05) is 7.05 Å². The molecule has 1 N–H and O–H groups in total. The summed E-state index contributed by atoms with van der Waals surface area (Å²) in [6.07, 6.45) is -0.0247. The summed E-state index contributed by atoms with van der Waals surface area (Å²) >= 11 is 0. The van der Waals surface area contributed by atoms with Crippen molar-refractivity contribution in [3.05, 3.63) is 0 Å². The van der Waals surface area contributed by atoms with Crippen molar-refractivity contribution in [2.24, 2.45) is 0 Å². The minimum Gasteiger partial charge on any atom is -0.462 e. The predicted molar refractivity (Wildman–Crippen MR) is 51.1 cm³/mol. The molecule has 0 fully saturated rings. The Morgan fingerprint density at radius 1 is 1.25 bits per heavy atom. The molecular weight excluding hydrogens is 154 g/mol. The van der Waals surface area contributed by atoms with Crippen molar-refractivity contribution in [2.45, 2.75) is 46.8 Å². The number of hydrogen-bond donors (Lipinski definition) is 1. The fourth-order valence-corrected chi connectivity index (χ4v) is 0.452. The lowest BCUT2D eigenvalue weighted by Gasteiger charge is -2.12. The fourth-order valence-electron chi connectivity index (χ4n) is 0.452. The highest BCUT2D eigenvalue weighted by Crippen LogP contribution is 1.92. The van der Waals surface area contributed by atoms with E-state index in [4.69, 9.17) is 4.74 Å². The van der Waals surface area contributed by atoms with Gasteiger partial charge in [0.1, 0.15) is 6.04 Å². The maximum absolute atomic E-state index is 10.9. The third-order valence-corrected chi connectivity index (χ3v) is 1.14. The number of nitrogens with one attached hydrogen (secondary N) is 1. The van der Waals surface area contributed by atoms with Crippen LogP contribution in [0.15, 0.2) is 0 Å². The molecule has 0 aromatic heterocycles. The average Bonchev–Trinajstić information content (AvgIpc) is 2.05. The summed E-state index contributed by atoms with van der Waals surface area (Å²) in [7, 11) is 1.73. The van der Waals surface area contributed by atoms with Crippen molar-refractivity contribution in [3.8, 4) is 0 Å². The molecule has 0 aliphatic heterocycles. The highest BCUT2D eigenvalue weighted by molar-refractivity contribution is 5.75. The highest BCUT2D eigenvalue weighted by atomic mass is 16.5. The van der Waals surface area contributed by atoms with Gasteiger partial charge < -0.3 is 10.1 Å². The number of rotatable bonds is 3. The van der Waals surface area contributed by atoms with Gasteiger partial charge in [-0.15, -0.1) is 0 Å². The average molecular weight is 175 g/mol. The second-order valence-corrected chi connectivity index (χ2v) is 2.50. The first-order valence-electron chi connectivity index (χ1n) is 4.45. The lowest BCUT2D eigenvalue weighted by Crippen LogP contribution is -2.33. The molecule has 0 heterocycles. The van der Waals surface area contributed by atoms with Gasteiger partial charge in [0.25, 0.3) is 0 Å². The summed E-state index contributed by atoms with van der Waals surface area (Å²) in [5.74, 6) is -0.197. The zero-order valence-electron chi connectivity index (χ0n) is 8.97. The van der Waals surface area contributed by atoms with E-state index in [-0.39, 0.29) is 18.1 Å². The van der Waals surface area contributed by atoms with Gasteiger partial charge in [-0.3, -0.25) is 4.79 Å². The molecular formula is C9H21NO2. The monoisotopic (exact) mass is 175 g/mol. The van der Waals surface area contributed by atoms with Crippen LogP contribution in [0.25, 0.3) is 0 Å². The molecule has 3 nitrogen and oxygen atoms in total. The second-order valence-electron chi connectivity index (χ2n) is 2.50. The molecule has 0 aliphatic carbocycles. The summed E-state index contributed by atoms with van der Waals surface area (Å²) in [4.78, 5) is 10.9. The van der Waals surface area contributed by atoms with Crippen LogP contribution in [0.5, 0.6) is 0 Å². The van der Waals surface area contributed by atoms with Gasteiger partial charge in [-0.1, -0.05) is 13.8 Å². The van der Waals surface area contributed by atoms with E-state index in [9.17, 15) is 4.79 Å². The Hall–Kier alpha value is -0.570. The van der Waals surface area contributed by atoms with Crippen LogP contribution in [0.3, 0.4) is 0 Å². The van der Waals surface area contributed by atoms with Gasteiger partial charge in [-0.25, -0.2) is 0 Å². The van der Waals surface area contributed by atoms with Crippen LogP contribution in [0.2, 0.25) is 0 Å². The van der Waals surface area contributed by atoms with E-state index in [0.29, 0.717) is 0 Å². The van der Waals surface area contributed by atoms with Gasteiger partial charge in [0, 0.05) is 0 Å². The van der Waals surface area contributed by atoms with Gasteiger partial charge in [0.2, 0.25) is 0 Å². The summed E-state index contributed by atoms with van der Waals surface area (Å²) in [5.41, 5.74) is 0. The lowest BCUT2D eigenvalue weighted by molar-refractivity contribution is -0.149. The Kier molecular flexibility index (Phi) is 9.93. The molecule has 1 atom stereocenters. The summed E-state index contributed by atoms with van der Waals surface area (Å²) in [6.45, 7) is 9.44. The topological polar surface area (TPSA) is 38.3 Å². The van der Waals surface area contributed by atoms with Crippen LogP contribution in [0, 0.1) is 0 Å². The molecule has 0 aromatic carbocycles. The Morgan fingerprint density at radius 2 is 1.67 bits per heavy atom. The van der Waals surface area contributed by atoms with Gasteiger partial charge in [0.15, 0.2) is 0 Å². The van der Waals surface area contributed by atoms with Crippen molar-refractivity contribution >= 4 is 5.97 Å². The van der Waals surface area contributed by atoms with E-state index in [1.807, 2.05) is 27.7 Å². The molecule has 12 heavy (non-hydrogen) atoms. The third kappa shape index (κ3) is 7.54. The highest BCUT2D eigenvalue weighted by Gasteiger charge is 2.12. The first-order chi connectivity index (χ1) is 5.57. The lowest BCUT2D eigenvalue weighted by atomic mass is 10.3. The van der Waals surface area contributed by atoms with Crippen molar-refractivity contribution in [1.82, 2.24) is 5.32 Å². The van der Waals surface area contributed by atoms with E-state index in [1.54, 1.807) is 14.0 Å². The van der Waals surface area contributed by atoms with Crippen molar-refractivity contribution < 1.29 is 9.53 Å². The first-order valence-corrected chi connectivity index (χ1v) is 4.45. The molecule has 0 rings (SSSR count). The number of esters is 1. The molecule has 0 spiro atoms. The van der Waals surface area contributed by atoms with Gasteiger partial charge in [-0.2, -0.15) is 0 Å². The molecule has 74 valence electrons. The fraction of sp³-hybridized carbons (Fsp3) is 0.889. The SMILES string of the molecule is CC.CN[C@@H](C)C(=O)OC(C)C. The third-order valence-electron chi connectivity index (χ3n) is 1.14. The van der Waals surface area contributed by atoms with Crippen molar-refractivity contribution in [3.63, 3.8) is 0 Å². The zero-order chi connectivity index (χ0) is 10.1.